The summed E-state index contributed by atoms with van der Waals surface area (Å²) in [5.41, 5.74) is -0.821. The summed E-state index contributed by atoms with van der Waals surface area (Å²) in [7, 11) is 0. The number of hydrogen-bond donors (Lipinski definition) is 1. The normalized spacial score (nSPS) is 20.2. The Hall–Kier alpha value is -3.10. The Labute approximate surface area is 209 Å². The molecule has 1 aliphatic heterocycles. The molecular weight excluding hydrogens is 469 g/mol. The second-order valence-corrected chi connectivity index (χ2v) is 9.97. The predicted octanol–water partition coefficient (Wildman–Crippen LogP) is 4.84. The summed E-state index contributed by atoms with van der Waals surface area (Å²) in [6.07, 6.45) is 2.90. The Balaban J connectivity index is 1.27. The number of pyridine rings is 1. The Morgan fingerprint density at radius 1 is 1.08 bits per heavy atom. The summed E-state index contributed by atoms with van der Waals surface area (Å²) in [5, 5.41) is 3.07. The smallest absolute Gasteiger partial charge is 0.419 e. The summed E-state index contributed by atoms with van der Waals surface area (Å²) in [5.74, 6) is 1.25. The van der Waals surface area contributed by atoms with Crippen LogP contribution in [0.15, 0.2) is 53.7 Å². The number of ether oxygens (including phenoxy) is 1. The minimum Gasteiger partial charge on any atom is -0.490 e. The molecule has 2 aromatic rings. The van der Waals surface area contributed by atoms with Crippen molar-refractivity contribution in [1.29, 1.82) is 0 Å². The third-order valence-corrected chi connectivity index (χ3v) is 7.12. The van der Waals surface area contributed by atoms with Gasteiger partial charge in [-0.1, -0.05) is 31.0 Å². The van der Waals surface area contributed by atoms with Gasteiger partial charge in [0.2, 0.25) is 5.91 Å². The molecule has 0 atom stereocenters. The molecule has 1 N–H and O–H groups in total. The third-order valence-electron chi connectivity index (χ3n) is 7.12. The van der Waals surface area contributed by atoms with Crippen molar-refractivity contribution < 1.29 is 22.7 Å². The number of piperidine rings is 1. The highest BCUT2D eigenvalue weighted by Crippen LogP contribution is 2.41. The van der Waals surface area contributed by atoms with Crippen LogP contribution < -0.4 is 10.1 Å². The maximum Gasteiger partial charge on any atom is 0.419 e. The monoisotopic (exact) mass is 500 g/mol. The number of likely N-dealkylation sites (tertiary alicyclic amines) is 1. The summed E-state index contributed by atoms with van der Waals surface area (Å²) in [6.45, 7) is 1.78. The van der Waals surface area contributed by atoms with Crippen LogP contribution in [0.1, 0.15) is 56.2 Å². The molecule has 3 fully saturated rings. The first-order chi connectivity index (χ1) is 17.3. The van der Waals surface area contributed by atoms with Gasteiger partial charge in [0.15, 0.2) is 5.84 Å². The number of amides is 1. The van der Waals surface area contributed by atoms with Crippen LogP contribution in [0, 0.1) is 5.92 Å². The molecule has 6 nitrogen and oxygen atoms in total. The molecule has 9 heteroatoms. The summed E-state index contributed by atoms with van der Waals surface area (Å²) in [4.78, 5) is 24.5. The zero-order valence-electron chi connectivity index (χ0n) is 20.1. The molecule has 3 aliphatic rings. The fraction of sp³-hybridized carbons (Fsp3) is 0.519. The number of halogens is 3. The first-order valence-electron chi connectivity index (χ1n) is 12.7. The topological polar surface area (TPSA) is 66.8 Å². The summed E-state index contributed by atoms with van der Waals surface area (Å²) < 4.78 is 45.9. The van der Waals surface area contributed by atoms with Gasteiger partial charge in [0.25, 0.3) is 0 Å². The van der Waals surface area contributed by atoms with Crippen molar-refractivity contribution in [3.8, 4) is 5.75 Å². The number of hydrogen-bond acceptors (Lipinski definition) is 4. The van der Waals surface area contributed by atoms with Gasteiger partial charge in [-0.2, -0.15) is 13.2 Å². The molecule has 0 spiro atoms. The molecule has 0 bridgehead atoms. The molecule has 1 saturated heterocycles. The van der Waals surface area contributed by atoms with Gasteiger partial charge >= 0.3 is 6.18 Å². The second kappa shape index (κ2) is 10.1. The van der Waals surface area contributed by atoms with Crippen LogP contribution in [-0.4, -0.2) is 52.9 Å². The molecule has 5 rings (SSSR count). The number of rotatable bonds is 8. The first-order valence-corrected chi connectivity index (χ1v) is 12.7. The van der Waals surface area contributed by atoms with Crippen LogP contribution in [0.4, 0.5) is 13.2 Å². The molecule has 2 aliphatic carbocycles. The fourth-order valence-corrected chi connectivity index (χ4v) is 4.63. The van der Waals surface area contributed by atoms with Crippen LogP contribution in [0.25, 0.3) is 0 Å². The number of nitrogens with one attached hydrogen (secondary N) is 1. The van der Waals surface area contributed by atoms with Gasteiger partial charge in [-0.15, -0.1) is 0 Å². The lowest BCUT2D eigenvalue weighted by Crippen LogP contribution is -2.44. The molecule has 36 heavy (non-hydrogen) atoms. The molecular formula is C27H31F3N4O2. The lowest BCUT2D eigenvalue weighted by Gasteiger charge is -2.35. The average molecular weight is 501 g/mol. The van der Waals surface area contributed by atoms with Crippen molar-refractivity contribution in [1.82, 2.24) is 15.2 Å². The number of aromatic nitrogens is 1. The van der Waals surface area contributed by atoms with Crippen LogP contribution in [0.3, 0.4) is 0 Å². The van der Waals surface area contributed by atoms with Crippen molar-refractivity contribution in [2.45, 2.75) is 62.8 Å². The van der Waals surface area contributed by atoms with Crippen molar-refractivity contribution in [2.75, 3.05) is 19.6 Å². The first kappa shape index (κ1) is 24.6. The van der Waals surface area contributed by atoms with Gasteiger partial charge in [0.05, 0.1) is 5.56 Å². The Kier molecular flexibility index (Phi) is 6.90. The van der Waals surface area contributed by atoms with Crippen LogP contribution in [0.2, 0.25) is 0 Å². The number of nitrogens with zero attached hydrogens (tertiary/aromatic N) is 3. The van der Waals surface area contributed by atoms with Crippen molar-refractivity contribution >= 4 is 11.7 Å². The van der Waals surface area contributed by atoms with E-state index >= 15 is 0 Å². The number of amidine groups is 1. The minimum atomic E-state index is -4.46. The summed E-state index contributed by atoms with van der Waals surface area (Å²) >= 11 is 0. The number of alkyl halides is 3. The van der Waals surface area contributed by atoms with Gasteiger partial charge in [0, 0.05) is 38.7 Å². The molecule has 1 aromatic heterocycles. The van der Waals surface area contributed by atoms with Gasteiger partial charge in [0.1, 0.15) is 23.1 Å². The van der Waals surface area contributed by atoms with Gasteiger partial charge in [-0.3, -0.25) is 9.78 Å². The standard InChI is InChI=1S/C27H31F3N4O2/c28-27(29,30)21-5-1-2-7-23(21)36-20-11-17-34(18-12-20)24(22-6-3-4-15-31-22)33-26(13-14-26)25(35)32-16-10-19-8-9-19/h1-7,15,19-20H,8-14,16-18H2,(H,32,35). The molecule has 192 valence electrons. The molecule has 1 amide bonds. The quantitative estimate of drug-likeness (QED) is 0.416. The number of benzene rings is 1. The zero-order valence-corrected chi connectivity index (χ0v) is 20.1. The van der Waals surface area contributed by atoms with Gasteiger partial charge in [-0.05, 0) is 49.4 Å². The van der Waals surface area contributed by atoms with E-state index in [1.165, 1.54) is 25.0 Å². The van der Waals surface area contributed by atoms with E-state index in [0.29, 0.717) is 56.8 Å². The predicted molar refractivity (Wildman–Crippen MR) is 130 cm³/mol. The largest absolute Gasteiger partial charge is 0.490 e. The van der Waals surface area contributed by atoms with E-state index in [1.807, 2.05) is 18.2 Å². The number of para-hydroxylation sites is 1. The number of carbonyl (C=O) groups excluding carboxylic acids is 1. The third kappa shape index (κ3) is 5.82. The van der Waals surface area contributed by atoms with E-state index in [2.05, 4.69) is 15.2 Å². The number of aliphatic imine (C=N–C) groups is 1. The average Bonchev–Trinajstić information content (AvgIpc) is 3.80. The van der Waals surface area contributed by atoms with Crippen molar-refractivity contribution in [3.63, 3.8) is 0 Å². The van der Waals surface area contributed by atoms with Crippen molar-refractivity contribution in [2.24, 2.45) is 10.9 Å². The van der Waals surface area contributed by atoms with Gasteiger partial charge < -0.3 is 15.0 Å². The molecule has 0 unspecified atom stereocenters. The summed E-state index contributed by atoms with van der Waals surface area (Å²) in [6, 6.07) is 10.9. The lowest BCUT2D eigenvalue weighted by molar-refractivity contribution is -0.139. The Bertz CT molecular complexity index is 1090. The highest BCUT2D eigenvalue weighted by atomic mass is 19.4. The van der Waals surface area contributed by atoms with Crippen LogP contribution in [-0.2, 0) is 11.0 Å². The van der Waals surface area contributed by atoms with Crippen LogP contribution in [0.5, 0.6) is 5.75 Å². The minimum absolute atomic E-state index is 0.0291. The maximum absolute atomic E-state index is 13.4. The maximum atomic E-state index is 13.4. The van der Waals surface area contributed by atoms with E-state index in [9.17, 15) is 18.0 Å². The van der Waals surface area contributed by atoms with E-state index in [0.717, 1.165) is 18.4 Å². The second-order valence-electron chi connectivity index (χ2n) is 9.97. The van der Waals surface area contributed by atoms with Gasteiger partial charge in [-0.25, -0.2) is 4.99 Å². The van der Waals surface area contributed by atoms with E-state index in [4.69, 9.17) is 9.73 Å². The molecule has 1 aromatic carbocycles. The van der Waals surface area contributed by atoms with E-state index in [-0.39, 0.29) is 17.8 Å². The Morgan fingerprint density at radius 3 is 2.44 bits per heavy atom. The zero-order chi connectivity index (χ0) is 25.2. The molecule has 2 saturated carbocycles. The highest BCUT2D eigenvalue weighted by molar-refractivity contribution is 6.01. The SMILES string of the molecule is O=C(NCCC1CC1)C1(N=C(c2ccccn2)N2CCC(Oc3ccccc3C(F)(F)F)CC2)CC1. The number of carbonyl (C=O) groups is 1. The fourth-order valence-electron chi connectivity index (χ4n) is 4.63. The highest BCUT2D eigenvalue weighted by Gasteiger charge is 2.51. The van der Waals surface area contributed by atoms with E-state index < -0.39 is 17.3 Å². The lowest BCUT2D eigenvalue weighted by atomic mass is 10.1. The molecule has 2 heterocycles. The van der Waals surface area contributed by atoms with Crippen LogP contribution >= 0.6 is 0 Å². The Morgan fingerprint density at radius 2 is 1.81 bits per heavy atom. The molecule has 0 radical (unpaired) electrons. The van der Waals surface area contributed by atoms with E-state index in [1.54, 1.807) is 12.3 Å². The van der Waals surface area contributed by atoms with Crippen molar-refractivity contribution in [3.05, 3.63) is 59.9 Å².